The number of fused-ring (bicyclic) bond motifs is 1. The van der Waals surface area contributed by atoms with E-state index in [0.717, 1.165) is 16.3 Å². The minimum Gasteiger partial charge on any atom is -0.379 e. The Morgan fingerprint density at radius 3 is 2.79 bits per heavy atom. The Labute approximate surface area is 148 Å². The fraction of sp³-hybridized carbons (Fsp3) is 0.190. The number of para-hydroxylation sites is 1. The van der Waals surface area contributed by atoms with Crippen molar-refractivity contribution in [1.29, 1.82) is 0 Å². The second kappa shape index (κ2) is 7.10. The van der Waals surface area contributed by atoms with Crippen molar-refractivity contribution in [2.24, 2.45) is 4.99 Å². The number of hydrogen-bond donors (Lipinski definition) is 1. The van der Waals surface area contributed by atoms with E-state index in [4.69, 9.17) is 4.99 Å². The highest BCUT2D eigenvalue weighted by atomic mass is 32.2. The first-order valence-electron chi connectivity index (χ1n) is 8.10. The molecular formula is C21H22N2S. The van der Waals surface area contributed by atoms with Gasteiger partial charge < -0.3 is 5.32 Å². The van der Waals surface area contributed by atoms with E-state index in [1.165, 1.54) is 21.7 Å². The van der Waals surface area contributed by atoms with Crippen LogP contribution >= 0.6 is 11.8 Å². The van der Waals surface area contributed by atoms with Gasteiger partial charge in [0.2, 0.25) is 0 Å². The van der Waals surface area contributed by atoms with Gasteiger partial charge in [0.05, 0.1) is 11.4 Å². The SMILES string of the molecule is C=C1Sc2ccccc2N=C1/C=C\C(C)Nc1cc(C)ccc1C. The lowest BCUT2D eigenvalue weighted by molar-refractivity contribution is 0.994. The van der Waals surface area contributed by atoms with Crippen LogP contribution in [0.25, 0.3) is 0 Å². The molecule has 0 amide bonds. The monoisotopic (exact) mass is 334 g/mol. The summed E-state index contributed by atoms with van der Waals surface area (Å²) in [5, 5.41) is 3.55. The molecule has 0 radical (unpaired) electrons. The Hall–Kier alpha value is -2.26. The number of anilines is 1. The van der Waals surface area contributed by atoms with E-state index in [-0.39, 0.29) is 6.04 Å². The van der Waals surface area contributed by atoms with Gasteiger partial charge in [0, 0.05) is 21.5 Å². The molecule has 0 bridgehead atoms. The van der Waals surface area contributed by atoms with Gasteiger partial charge in [0.25, 0.3) is 0 Å². The van der Waals surface area contributed by atoms with Crippen molar-refractivity contribution < 1.29 is 0 Å². The smallest absolute Gasteiger partial charge is 0.0776 e. The summed E-state index contributed by atoms with van der Waals surface area (Å²) < 4.78 is 0. The number of aryl methyl sites for hydroxylation is 2. The summed E-state index contributed by atoms with van der Waals surface area (Å²) in [6.45, 7) is 10.5. The van der Waals surface area contributed by atoms with Crippen molar-refractivity contribution in [3.8, 4) is 0 Å². The third kappa shape index (κ3) is 3.80. The average Bonchev–Trinajstić information content (AvgIpc) is 2.56. The molecule has 1 aliphatic rings. The fourth-order valence-electron chi connectivity index (χ4n) is 2.56. The second-order valence-corrected chi connectivity index (χ2v) is 7.24. The van der Waals surface area contributed by atoms with Gasteiger partial charge in [0.1, 0.15) is 0 Å². The summed E-state index contributed by atoms with van der Waals surface area (Å²) in [5.41, 5.74) is 5.65. The maximum absolute atomic E-state index is 4.72. The quantitative estimate of drug-likeness (QED) is 0.736. The molecule has 0 spiro atoms. The Kier molecular flexibility index (Phi) is 4.91. The van der Waals surface area contributed by atoms with Crippen LogP contribution in [0.1, 0.15) is 18.1 Å². The van der Waals surface area contributed by atoms with Crippen molar-refractivity contribution in [1.82, 2.24) is 0 Å². The summed E-state index contributed by atoms with van der Waals surface area (Å²) >= 11 is 1.68. The van der Waals surface area contributed by atoms with Gasteiger partial charge in [-0.1, -0.05) is 48.7 Å². The van der Waals surface area contributed by atoms with Gasteiger partial charge in [-0.3, -0.25) is 0 Å². The lowest BCUT2D eigenvalue weighted by Crippen LogP contribution is -2.13. The number of nitrogens with zero attached hydrogens (tertiary/aromatic N) is 1. The van der Waals surface area contributed by atoms with E-state index >= 15 is 0 Å². The third-order valence-corrected chi connectivity index (χ3v) is 4.96. The van der Waals surface area contributed by atoms with Crippen LogP contribution in [0.5, 0.6) is 0 Å². The minimum absolute atomic E-state index is 0.211. The highest BCUT2D eigenvalue weighted by Gasteiger charge is 2.14. The van der Waals surface area contributed by atoms with Gasteiger partial charge in [-0.2, -0.15) is 0 Å². The molecular weight excluding hydrogens is 312 g/mol. The number of allylic oxidation sites excluding steroid dienone is 2. The van der Waals surface area contributed by atoms with Gasteiger partial charge >= 0.3 is 0 Å². The molecule has 1 N–H and O–H groups in total. The van der Waals surface area contributed by atoms with E-state index in [2.05, 4.69) is 69.1 Å². The number of hydrogen-bond acceptors (Lipinski definition) is 3. The molecule has 3 heteroatoms. The van der Waals surface area contributed by atoms with Gasteiger partial charge in [0.15, 0.2) is 0 Å². The van der Waals surface area contributed by atoms with Crippen LogP contribution in [0.2, 0.25) is 0 Å². The Morgan fingerprint density at radius 1 is 1.17 bits per heavy atom. The molecule has 0 saturated heterocycles. The molecule has 2 aromatic carbocycles. The van der Waals surface area contributed by atoms with Crippen LogP contribution < -0.4 is 5.32 Å². The maximum Gasteiger partial charge on any atom is 0.0776 e. The van der Waals surface area contributed by atoms with Crippen molar-refractivity contribution in [3.05, 3.63) is 77.2 Å². The molecule has 2 nitrogen and oxygen atoms in total. The van der Waals surface area contributed by atoms with Crippen LogP contribution in [-0.2, 0) is 0 Å². The predicted octanol–water partition coefficient (Wildman–Crippen LogP) is 6.05. The number of thioether (sulfide) groups is 1. The number of nitrogens with one attached hydrogen (secondary N) is 1. The van der Waals surface area contributed by atoms with E-state index in [9.17, 15) is 0 Å². The van der Waals surface area contributed by atoms with Crippen LogP contribution in [0.3, 0.4) is 0 Å². The van der Waals surface area contributed by atoms with Crippen LogP contribution in [0.4, 0.5) is 11.4 Å². The molecule has 1 atom stereocenters. The summed E-state index contributed by atoms with van der Waals surface area (Å²) in [6.07, 6.45) is 4.20. The summed E-state index contributed by atoms with van der Waals surface area (Å²) in [6, 6.07) is 14.9. The first kappa shape index (κ1) is 16.6. The van der Waals surface area contributed by atoms with Crippen LogP contribution in [0, 0.1) is 13.8 Å². The zero-order valence-electron chi connectivity index (χ0n) is 14.3. The third-order valence-electron chi connectivity index (χ3n) is 3.94. The second-order valence-electron chi connectivity index (χ2n) is 6.10. The molecule has 0 aromatic heterocycles. The fourth-order valence-corrected chi connectivity index (χ4v) is 3.41. The Bertz CT molecular complexity index is 833. The molecule has 0 aliphatic carbocycles. The normalized spacial score (nSPS) is 15.1. The standard InChI is InChI=1S/C21H22N2S/c1-14-9-10-15(2)20(13-14)22-16(3)11-12-18-17(4)24-21-8-6-5-7-19(21)23-18/h5-13,16,22H,4H2,1-3H3/b12-11-. The molecule has 3 rings (SSSR count). The number of aliphatic imine (C=N–C) groups is 1. The lowest BCUT2D eigenvalue weighted by atomic mass is 10.1. The highest BCUT2D eigenvalue weighted by Crippen LogP contribution is 2.39. The molecule has 2 aromatic rings. The van der Waals surface area contributed by atoms with Crippen molar-refractivity contribution in [2.75, 3.05) is 5.32 Å². The zero-order chi connectivity index (χ0) is 17.1. The van der Waals surface area contributed by atoms with Crippen molar-refractivity contribution in [3.63, 3.8) is 0 Å². The average molecular weight is 334 g/mol. The lowest BCUT2D eigenvalue weighted by Gasteiger charge is -2.17. The maximum atomic E-state index is 4.72. The van der Waals surface area contributed by atoms with Crippen molar-refractivity contribution >= 4 is 28.8 Å². The van der Waals surface area contributed by atoms with Crippen LogP contribution in [0.15, 0.2) is 76.0 Å². The number of benzene rings is 2. The predicted molar refractivity (Wildman–Crippen MR) is 107 cm³/mol. The molecule has 24 heavy (non-hydrogen) atoms. The van der Waals surface area contributed by atoms with Crippen molar-refractivity contribution in [2.45, 2.75) is 31.7 Å². The topological polar surface area (TPSA) is 24.4 Å². The highest BCUT2D eigenvalue weighted by molar-refractivity contribution is 8.04. The Balaban J connectivity index is 1.74. The molecule has 1 heterocycles. The summed E-state index contributed by atoms with van der Waals surface area (Å²) in [4.78, 5) is 6.88. The van der Waals surface area contributed by atoms with Gasteiger partial charge in [-0.15, -0.1) is 0 Å². The van der Waals surface area contributed by atoms with Gasteiger partial charge in [-0.25, -0.2) is 4.99 Å². The molecule has 122 valence electrons. The Morgan fingerprint density at radius 2 is 1.96 bits per heavy atom. The minimum atomic E-state index is 0.211. The van der Waals surface area contributed by atoms with E-state index in [1.807, 2.05) is 18.2 Å². The van der Waals surface area contributed by atoms with E-state index in [1.54, 1.807) is 11.8 Å². The molecule has 1 aliphatic heterocycles. The summed E-state index contributed by atoms with van der Waals surface area (Å²) in [7, 11) is 0. The molecule has 1 unspecified atom stereocenters. The summed E-state index contributed by atoms with van der Waals surface area (Å²) in [5.74, 6) is 0. The van der Waals surface area contributed by atoms with Gasteiger partial charge in [-0.05, 0) is 56.2 Å². The molecule has 0 fully saturated rings. The first-order valence-corrected chi connectivity index (χ1v) is 8.91. The first-order chi connectivity index (χ1) is 11.5. The van der Waals surface area contributed by atoms with Crippen LogP contribution in [-0.4, -0.2) is 11.8 Å². The number of rotatable bonds is 4. The zero-order valence-corrected chi connectivity index (χ0v) is 15.2. The largest absolute Gasteiger partial charge is 0.379 e. The van der Waals surface area contributed by atoms with E-state index < -0.39 is 0 Å². The van der Waals surface area contributed by atoms with E-state index in [0.29, 0.717) is 0 Å². The molecule has 0 saturated carbocycles.